The lowest BCUT2D eigenvalue weighted by atomic mass is 10.3. The molecule has 2 aromatic heterocycles. The van der Waals surface area contributed by atoms with Gasteiger partial charge in [0.25, 0.3) is 5.91 Å². The number of thiophene rings is 1. The molecule has 18 heavy (non-hydrogen) atoms. The van der Waals surface area contributed by atoms with Gasteiger partial charge < -0.3 is 16.4 Å². The first-order valence-corrected chi connectivity index (χ1v) is 6.24. The van der Waals surface area contributed by atoms with Crippen molar-refractivity contribution in [1.82, 2.24) is 15.1 Å². The topological polar surface area (TPSA) is 85.0 Å². The van der Waals surface area contributed by atoms with Crippen molar-refractivity contribution in [2.45, 2.75) is 6.54 Å². The first-order valence-electron chi connectivity index (χ1n) is 5.43. The standard InChI is InChI=1S/C11H15N5OS/c1-13-11(17)10-8(12)3-9(18-10)14-4-7-5-15-16(2)6-7/h3,5-6,14H,4,12H2,1-2H3,(H,13,17). The fourth-order valence-corrected chi connectivity index (χ4v) is 2.46. The Morgan fingerprint density at radius 2 is 2.39 bits per heavy atom. The van der Waals surface area contributed by atoms with Crippen LogP contribution in [0.1, 0.15) is 15.2 Å². The third-order valence-corrected chi connectivity index (χ3v) is 3.53. The van der Waals surface area contributed by atoms with Gasteiger partial charge in [-0.05, 0) is 6.07 Å². The smallest absolute Gasteiger partial charge is 0.263 e. The largest absolute Gasteiger partial charge is 0.397 e. The third kappa shape index (κ3) is 2.62. The number of nitrogen functional groups attached to an aromatic ring is 1. The first kappa shape index (κ1) is 12.4. The second-order valence-corrected chi connectivity index (χ2v) is 4.90. The number of nitrogens with two attached hydrogens (primary N) is 1. The molecule has 96 valence electrons. The minimum Gasteiger partial charge on any atom is -0.397 e. The molecule has 0 aliphatic heterocycles. The fourth-order valence-electron chi connectivity index (χ4n) is 1.54. The van der Waals surface area contributed by atoms with Gasteiger partial charge in [-0.2, -0.15) is 5.10 Å². The van der Waals surface area contributed by atoms with Gasteiger partial charge in [-0.25, -0.2) is 0 Å². The van der Waals surface area contributed by atoms with Gasteiger partial charge in [-0.3, -0.25) is 9.48 Å². The van der Waals surface area contributed by atoms with Crippen LogP contribution in [0.15, 0.2) is 18.5 Å². The quantitative estimate of drug-likeness (QED) is 0.771. The van der Waals surface area contributed by atoms with E-state index < -0.39 is 0 Å². The Balaban J connectivity index is 2.04. The van der Waals surface area contributed by atoms with E-state index in [1.807, 2.05) is 13.2 Å². The Labute approximate surface area is 109 Å². The van der Waals surface area contributed by atoms with Crippen LogP contribution in [0, 0.1) is 0 Å². The average Bonchev–Trinajstić information content (AvgIpc) is 2.92. The number of carbonyl (C=O) groups excluding carboxylic acids is 1. The number of rotatable bonds is 4. The molecule has 0 aromatic carbocycles. The number of aromatic nitrogens is 2. The Morgan fingerprint density at radius 1 is 1.61 bits per heavy atom. The summed E-state index contributed by atoms with van der Waals surface area (Å²) in [5.74, 6) is -0.160. The van der Waals surface area contributed by atoms with E-state index in [9.17, 15) is 4.79 Å². The molecule has 0 atom stereocenters. The highest BCUT2D eigenvalue weighted by atomic mass is 32.1. The average molecular weight is 265 g/mol. The van der Waals surface area contributed by atoms with Gasteiger partial charge >= 0.3 is 0 Å². The summed E-state index contributed by atoms with van der Waals surface area (Å²) in [7, 11) is 3.46. The fraction of sp³-hybridized carbons (Fsp3) is 0.273. The Hall–Kier alpha value is -2.02. The van der Waals surface area contributed by atoms with Crippen LogP contribution >= 0.6 is 11.3 Å². The van der Waals surface area contributed by atoms with Crippen molar-refractivity contribution in [3.63, 3.8) is 0 Å². The van der Waals surface area contributed by atoms with E-state index in [2.05, 4.69) is 15.7 Å². The first-order chi connectivity index (χ1) is 8.60. The summed E-state index contributed by atoms with van der Waals surface area (Å²) in [5, 5.41) is 10.7. The summed E-state index contributed by atoms with van der Waals surface area (Å²) in [4.78, 5) is 12.0. The van der Waals surface area contributed by atoms with Crippen LogP contribution in [0.25, 0.3) is 0 Å². The zero-order chi connectivity index (χ0) is 13.1. The maximum atomic E-state index is 11.5. The van der Waals surface area contributed by atoms with E-state index in [-0.39, 0.29) is 5.91 Å². The van der Waals surface area contributed by atoms with Gasteiger partial charge in [0.15, 0.2) is 0 Å². The molecule has 0 aliphatic rings. The zero-order valence-corrected chi connectivity index (χ0v) is 11.0. The van der Waals surface area contributed by atoms with Crippen molar-refractivity contribution < 1.29 is 4.79 Å². The molecule has 4 N–H and O–H groups in total. The molecular weight excluding hydrogens is 250 g/mol. The highest BCUT2D eigenvalue weighted by Gasteiger charge is 2.12. The number of aryl methyl sites for hydroxylation is 1. The molecule has 7 heteroatoms. The number of hydrogen-bond acceptors (Lipinski definition) is 5. The highest BCUT2D eigenvalue weighted by Crippen LogP contribution is 2.29. The van der Waals surface area contributed by atoms with Gasteiger partial charge in [0.1, 0.15) is 4.88 Å². The van der Waals surface area contributed by atoms with Crippen LogP contribution in [0.3, 0.4) is 0 Å². The Morgan fingerprint density at radius 3 is 3.00 bits per heavy atom. The normalized spacial score (nSPS) is 10.3. The van der Waals surface area contributed by atoms with Crippen molar-refractivity contribution in [1.29, 1.82) is 0 Å². The van der Waals surface area contributed by atoms with Crippen molar-refractivity contribution in [2.24, 2.45) is 7.05 Å². The summed E-state index contributed by atoms with van der Waals surface area (Å²) in [5.41, 5.74) is 7.35. The molecule has 0 fully saturated rings. The van der Waals surface area contributed by atoms with Gasteiger partial charge in [0.05, 0.1) is 16.9 Å². The maximum absolute atomic E-state index is 11.5. The van der Waals surface area contributed by atoms with E-state index in [0.717, 1.165) is 10.6 Å². The molecule has 0 radical (unpaired) electrons. The lowest BCUT2D eigenvalue weighted by Crippen LogP contribution is -2.17. The zero-order valence-electron chi connectivity index (χ0n) is 10.2. The van der Waals surface area contributed by atoms with E-state index >= 15 is 0 Å². The van der Waals surface area contributed by atoms with Crippen molar-refractivity contribution >= 4 is 27.9 Å². The molecule has 0 saturated carbocycles. The molecule has 2 rings (SSSR count). The lowest BCUT2D eigenvalue weighted by molar-refractivity contribution is 0.0968. The predicted octanol–water partition coefficient (Wildman–Crippen LogP) is 1.04. The summed E-state index contributed by atoms with van der Waals surface area (Å²) >= 11 is 1.34. The highest BCUT2D eigenvalue weighted by molar-refractivity contribution is 7.18. The molecule has 0 bridgehead atoms. The van der Waals surface area contributed by atoms with E-state index in [1.54, 1.807) is 24.0 Å². The molecule has 2 heterocycles. The minimum atomic E-state index is -0.160. The van der Waals surface area contributed by atoms with E-state index in [1.165, 1.54) is 11.3 Å². The number of anilines is 2. The summed E-state index contributed by atoms with van der Waals surface area (Å²) < 4.78 is 1.75. The Bertz CT molecular complexity index is 560. The second kappa shape index (κ2) is 5.09. The van der Waals surface area contributed by atoms with Gasteiger partial charge in [0, 0.05) is 32.4 Å². The molecule has 1 amide bonds. The van der Waals surface area contributed by atoms with Gasteiger partial charge in [-0.1, -0.05) is 0 Å². The van der Waals surface area contributed by atoms with Crippen molar-refractivity contribution in [3.05, 3.63) is 28.9 Å². The van der Waals surface area contributed by atoms with Crippen LogP contribution in [0.4, 0.5) is 10.7 Å². The summed E-state index contributed by atoms with van der Waals surface area (Å²) in [6.07, 6.45) is 3.73. The summed E-state index contributed by atoms with van der Waals surface area (Å²) in [6.45, 7) is 0.654. The summed E-state index contributed by atoms with van der Waals surface area (Å²) in [6, 6.07) is 1.77. The molecular formula is C11H15N5OS. The predicted molar refractivity (Wildman–Crippen MR) is 72.7 cm³/mol. The maximum Gasteiger partial charge on any atom is 0.263 e. The van der Waals surface area contributed by atoms with Gasteiger partial charge in [0.2, 0.25) is 0 Å². The lowest BCUT2D eigenvalue weighted by Gasteiger charge is -1.99. The molecule has 0 unspecified atom stereocenters. The van der Waals surface area contributed by atoms with Crippen LogP contribution in [-0.2, 0) is 13.6 Å². The molecule has 0 spiro atoms. The number of hydrogen-bond donors (Lipinski definition) is 3. The molecule has 6 nitrogen and oxygen atoms in total. The minimum absolute atomic E-state index is 0.160. The van der Waals surface area contributed by atoms with E-state index in [0.29, 0.717) is 17.1 Å². The number of nitrogens with one attached hydrogen (secondary N) is 2. The molecule has 0 saturated heterocycles. The third-order valence-electron chi connectivity index (χ3n) is 2.42. The van der Waals surface area contributed by atoms with Crippen LogP contribution < -0.4 is 16.4 Å². The molecule has 2 aromatic rings. The van der Waals surface area contributed by atoms with Crippen LogP contribution in [0.2, 0.25) is 0 Å². The molecule has 0 aliphatic carbocycles. The van der Waals surface area contributed by atoms with Crippen molar-refractivity contribution in [2.75, 3.05) is 18.1 Å². The monoisotopic (exact) mass is 265 g/mol. The number of carbonyl (C=O) groups is 1. The van der Waals surface area contributed by atoms with Crippen molar-refractivity contribution in [3.8, 4) is 0 Å². The Kier molecular flexibility index (Phi) is 3.52. The second-order valence-electron chi connectivity index (χ2n) is 3.85. The van der Waals surface area contributed by atoms with Crippen LogP contribution in [0.5, 0.6) is 0 Å². The SMILES string of the molecule is CNC(=O)c1sc(NCc2cnn(C)c2)cc1N. The number of amides is 1. The van der Waals surface area contributed by atoms with Crippen LogP contribution in [-0.4, -0.2) is 22.7 Å². The van der Waals surface area contributed by atoms with Gasteiger partial charge in [-0.15, -0.1) is 11.3 Å². The van der Waals surface area contributed by atoms with E-state index in [4.69, 9.17) is 5.73 Å². The number of nitrogens with zero attached hydrogens (tertiary/aromatic N) is 2.